The van der Waals surface area contributed by atoms with Gasteiger partial charge in [0.1, 0.15) is 18.0 Å². The summed E-state index contributed by atoms with van der Waals surface area (Å²) < 4.78 is 60.6. The van der Waals surface area contributed by atoms with Gasteiger partial charge in [0, 0.05) is 11.4 Å². The van der Waals surface area contributed by atoms with E-state index in [-0.39, 0.29) is 18.2 Å². The van der Waals surface area contributed by atoms with Crippen molar-refractivity contribution in [3.05, 3.63) is 44.1 Å². The van der Waals surface area contributed by atoms with E-state index in [1.165, 1.54) is 16.8 Å². The number of ether oxygens (including phenoxy) is 1. The SMILES string of the molecule is CCn1c(CO)nn(-c2nc(O[C@@H](C)C(F)(F)F)c(C(=O)Nc3ncsc3C)cc2F)c1=O. The quantitative estimate of drug-likeness (QED) is 0.488. The van der Waals surface area contributed by atoms with Crippen LogP contribution in [0.3, 0.4) is 0 Å². The minimum atomic E-state index is -4.82. The summed E-state index contributed by atoms with van der Waals surface area (Å²) in [7, 11) is 0. The fourth-order valence-corrected chi connectivity index (χ4v) is 3.24. The minimum absolute atomic E-state index is 0.0816. The van der Waals surface area contributed by atoms with Crippen LogP contribution in [0.1, 0.15) is 34.9 Å². The summed E-state index contributed by atoms with van der Waals surface area (Å²) in [5.41, 5.74) is -0.103. The van der Waals surface area contributed by atoms with E-state index in [1.54, 1.807) is 13.8 Å². The van der Waals surface area contributed by atoms with E-state index in [4.69, 9.17) is 4.74 Å². The zero-order valence-corrected chi connectivity index (χ0v) is 18.3. The van der Waals surface area contributed by atoms with Gasteiger partial charge in [0.25, 0.3) is 5.91 Å². The number of pyridine rings is 1. The normalized spacial score (nSPS) is 12.6. The fourth-order valence-electron chi connectivity index (χ4n) is 2.71. The zero-order valence-electron chi connectivity index (χ0n) is 17.5. The van der Waals surface area contributed by atoms with Crippen LogP contribution in [0.5, 0.6) is 5.88 Å². The van der Waals surface area contributed by atoms with Crippen LogP contribution in [-0.2, 0) is 13.2 Å². The Morgan fingerprint density at radius 3 is 2.61 bits per heavy atom. The van der Waals surface area contributed by atoms with E-state index in [0.29, 0.717) is 22.5 Å². The lowest BCUT2D eigenvalue weighted by Gasteiger charge is -2.19. The second kappa shape index (κ2) is 9.27. The third-order valence-electron chi connectivity index (χ3n) is 4.49. The molecule has 0 radical (unpaired) electrons. The highest BCUT2D eigenvalue weighted by atomic mass is 32.1. The fraction of sp³-hybridized carbons (Fsp3) is 0.389. The number of hydrogen-bond donors (Lipinski definition) is 2. The third kappa shape index (κ3) is 4.88. The number of rotatable bonds is 7. The molecule has 2 N–H and O–H groups in total. The van der Waals surface area contributed by atoms with Crippen molar-refractivity contribution in [1.29, 1.82) is 0 Å². The standard InChI is InChI=1S/C18H18F4N6O4S/c1-4-27-12(6-29)26-28(17(27)31)14-11(19)5-10(15(30)24-13-8(2)33-7-23-13)16(25-14)32-9(3)18(20,21)22/h5,7,9,29H,4,6H2,1-3H3,(H,24,30)/t9-/m0/s1. The monoisotopic (exact) mass is 490 g/mol. The number of aromatic nitrogens is 5. The van der Waals surface area contributed by atoms with Crippen molar-refractivity contribution in [3.8, 4) is 11.7 Å². The van der Waals surface area contributed by atoms with Gasteiger partial charge in [0.05, 0.1) is 5.51 Å². The van der Waals surface area contributed by atoms with Crippen molar-refractivity contribution >= 4 is 23.1 Å². The number of carbonyl (C=O) groups is 1. The first-order chi connectivity index (χ1) is 15.5. The van der Waals surface area contributed by atoms with Crippen molar-refractivity contribution in [2.45, 2.75) is 46.2 Å². The van der Waals surface area contributed by atoms with E-state index in [0.717, 1.165) is 4.57 Å². The van der Waals surface area contributed by atoms with Crippen molar-refractivity contribution in [2.75, 3.05) is 5.32 Å². The predicted molar refractivity (Wildman–Crippen MR) is 108 cm³/mol. The molecule has 3 aromatic heterocycles. The van der Waals surface area contributed by atoms with Gasteiger partial charge in [-0.15, -0.1) is 16.4 Å². The van der Waals surface area contributed by atoms with Crippen LogP contribution in [-0.4, -0.2) is 47.6 Å². The minimum Gasteiger partial charge on any atom is -0.464 e. The molecule has 3 heterocycles. The van der Waals surface area contributed by atoms with Crippen LogP contribution in [0.4, 0.5) is 23.4 Å². The van der Waals surface area contributed by atoms with Gasteiger partial charge in [-0.25, -0.2) is 14.2 Å². The van der Waals surface area contributed by atoms with Gasteiger partial charge in [-0.3, -0.25) is 9.36 Å². The number of amides is 1. The number of aliphatic hydroxyl groups excluding tert-OH is 1. The van der Waals surface area contributed by atoms with Gasteiger partial charge in [0.15, 0.2) is 23.6 Å². The summed E-state index contributed by atoms with van der Waals surface area (Å²) in [6, 6.07) is 0.591. The molecule has 1 amide bonds. The number of anilines is 1. The number of carbonyl (C=O) groups excluding carboxylic acids is 1. The summed E-state index contributed by atoms with van der Waals surface area (Å²) in [5.74, 6) is -3.90. The number of thiazole rings is 1. The van der Waals surface area contributed by atoms with E-state index >= 15 is 0 Å². The number of nitrogens with zero attached hydrogens (tertiary/aromatic N) is 5. The van der Waals surface area contributed by atoms with Crippen LogP contribution < -0.4 is 15.7 Å². The highest BCUT2D eigenvalue weighted by Crippen LogP contribution is 2.29. The molecule has 0 aliphatic carbocycles. The average Bonchev–Trinajstić information content (AvgIpc) is 3.30. The molecule has 0 aromatic carbocycles. The smallest absolute Gasteiger partial charge is 0.425 e. The van der Waals surface area contributed by atoms with Gasteiger partial charge in [-0.2, -0.15) is 22.8 Å². The number of halogens is 4. The van der Waals surface area contributed by atoms with Gasteiger partial charge in [-0.1, -0.05) is 0 Å². The maximum absolute atomic E-state index is 14.9. The number of aliphatic hydroxyl groups is 1. The molecule has 0 bridgehead atoms. The molecule has 1 atom stereocenters. The Labute approximate surface area is 187 Å². The lowest BCUT2D eigenvalue weighted by Crippen LogP contribution is -2.33. The van der Waals surface area contributed by atoms with Crippen LogP contribution in [0, 0.1) is 12.7 Å². The summed E-state index contributed by atoms with van der Waals surface area (Å²) in [4.78, 5) is 33.4. The Kier molecular flexibility index (Phi) is 6.83. The Morgan fingerprint density at radius 1 is 1.39 bits per heavy atom. The van der Waals surface area contributed by atoms with Crippen molar-refractivity contribution in [3.63, 3.8) is 0 Å². The molecular formula is C18H18F4N6O4S. The van der Waals surface area contributed by atoms with E-state index in [9.17, 15) is 32.3 Å². The largest absolute Gasteiger partial charge is 0.464 e. The van der Waals surface area contributed by atoms with Crippen molar-refractivity contribution in [1.82, 2.24) is 24.3 Å². The van der Waals surface area contributed by atoms with E-state index in [1.807, 2.05) is 0 Å². The molecule has 0 unspecified atom stereocenters. The van der Waals surface area contributed by atoms with Crippen LogP contribution in [0.25, 0.3) is 5.82 Å². The molecule has 3 aromatic rings. The van der Waals surface area contributed by atoms with Crippen LogP contribution >= 0.6 is 11.3 Å². The van der Waals surface area contributed by atoms with Gasteiger partial charge >= 0.3 is 11.9 Å². The lowest BCUT2D eigenvalue weighted by atomic mass is 10.2. The van der Waals surface area contributed by atoms with Gasteiger partial charge < -0.3 is 15.2 Å². The summed E-state index contributed by atoms with van der Waals surface area (Å²) >= 11 is 1.21. The highest BCUT2D eigenvalue weighted by molar-refractivity contribution is 7.10. The van der Waals surface area contributed by atoms with Gasteiger partial charge in [0.2, 0.25) is 5.88 Å². The highest BCUT2D eigenvalue weighted by Gasteiger charge is 2.39. The molecule has 0 aliphatic heterocycles. The van der Waals surface area contributed by atoms with E-state index < -0.39 is 53.6 Å². The van der Waals surface area contributed by atoms with Crippen molar-refractivity contribution < 1.29 is 32.2 Å². The van der Waals surface area contributed by atoms with Crippen molar-refractivity contribution in [2.24, 2.45) is 0 Å². The molecule has 0 saturated carbocycles. The number of hydrogen-bond acceptors (Lipinski definition) is 8. The molecule has 10 nitrogen and oxygen atoms in total. The second-order valence-corrected chi connectivity index (χ2v) is 7.73. The first-order valence-electron chi connectivity index (χ1n) is 9.43. The lowest BCUT2D eigenvalue weighted by molar-refractivity contribution is -0.190. The van der Waals surface area contributed by atoms with Gasteiger partial charge in [-0.05, 0) is 26.8 Å². The Morgan fingerprint density at radius 2 is 2.09 bits per heavy atom. The molecule has 3 rings (SSSR count). The number of nitrogens with one attached hydrogen (secondary N) is 1. The molecule has 0 aliphatic rings. The molecule has 0 fully saturated rings. The summed E-state index contributed by atoms with van der Waals surface area (Å²) in [5, 5.41) is 15.5. The summed E-state index contributed by atoms with van der Waals surface area (Å²) in [6.07, 6.45) is -7.23. The molecule has 33 heavy (non-hydrogen) atoms. The zero-order chi connectivity index (χ0) is 24.5. The Balaban J connectivity index is 2.14. The third-order valence-corrected chi connectivity index (χ3v) is 5.25. The molecule has 0 saturated heterocycles. The molecule has 178 valence electrons. The Hall–Kier alpha value is -3.33. The van der Waals surface area contributed by atoms with Crippen LogP contribution in [0.15, 0.2) is 16.4 Å². The summed E-state index contributed by atoms with van der Waals surface area (Å²) in [6.45, 7) is 3.33. The predicted octanol–water partition coefficient (Wildman–Crippen LogP) is 2.43. The first-order valence-corrected chi connectivity index (χ1v) is 10.3. The number of alkyl halides is 3. The Bertz CT molecular complexity index is 1240. The maximum atomic E-state index is 14.9. The number of aryl methyl sites for hydroxylation is 1. The second-order valence-electron chi connectivity index (χ2n) is 6.67. The maximum Gasteiger partial charge on any atom is 0.425 e. The van der Waals surface area contributed by atoms with E-state index in [2.05, 4.69) is 20.4 Å². The van der Waals surface area contributed by atoms with Crippen LogP contribution in [0.2, 0.25) is 0 Å². The molecular weight excluding hydrogens is 472 g/mol. The topological polar surface area (TPSA) is 124 Å². The molecule has 15 heteroatoms. The molecule has 0 spiro atoms. The first kappa shape index (κ1) is 24.3. The average molecular weight is 490 g/mol.